The van der Waals surface area contributed by atoms with Gasteiger partial charge < -0.3 is 9.80 Å². The average Bonchev–Trinajstić information content (AvgIpc) is 3.03. The lowest BCUT2D eigenvalue weighted by molar-refractivity contribution is -0.130. The Morgan fingerprint density at radius 3 is 2.04 bits per heavy atom. The number of hydrogen-bond donors (Lipinski definition) is 0. The second-order valence-corrected chi connectivity index (χ2v) is 9.50. The van der Waals surface area contributed by atoms with Gasteiger partial charge in [0.1, 0.15) is 0 Å². The van der Waals surface area contributed by atoms with E-state index < -0.39 is 10.0 Å². The fraction of sp³-hybridized carbons (Fsp3) is 0.650. The maximum absolute atomic E-state index is 12.5. The molecule has 0 spiro atoms. The van der Waals surface area contributed by atoms with Crippen molar-refractivity contribution in [3.05, 3.63) is 24.3 Å². The number of rotatable bonds is 6. The van der Waals surface area contributed by atoms with Crippen molar-refractivity contribution >= 4 is 27.3 Å². The summed E-state index contributed by atoms with van der Waals surface area (Å²) in [6.07, 6.45) is 8.26. The standard InChI is InChI=1S/C20H31N3O3S/c1-27(25,26)23(17-12-20(24)22-15-4-2-3-5-16-22)19-10-8-18(9-11-19)21-13-6-7-14-21/h8-11H,2-7,12-17H2,1H3. The maximum Gasteiger partial charge on any atom is 0.232 e. The number of benzene rings is 1. The predicted molar refractivity (Wildman–Crippen MR) is 110 cm³/mol. The van der Waals surface area contributed by atoms with Crippen LogP contribution in [-0.4, -0.2) is 58.2 Å². The summed E-state index contributed by atoms with van der Waals surface area (Å²) in [6.45, 7) is 3.89. The number of carbonyl (C=O) groups excluding carboxylic acids is 1. The van der Waals surface area contributed by atoms with Gasteiger partial charge in [0.15, 0.2) is 0 Å². The van der Waals surface area contributed by atoms with Crippen LogP contribution in [0.5, 0.6) is 0 Å². The number of carbonyl (C=O) groups is 1. The van der Waals surface area contributed by atoms with E-state index in [1.54, 1.807) is 0 Å². The Morgan fingerprint density at radius 2 is 1.48 bits per heavy atom. The molecule has 7 heteroatoms. The van der Waals surface area contributed by atoms with Crippen LogP contribution in [0.15, 0.2) is 24.3 Å². The third kappa shape index (κ3) is 5.37. The molecule has 2 saturated heterocycles. The van der Waals surface area contributed by atoms with Gasteiger partial charge in [-0.3, -0.25) is 9.10 Å². The van der Waals surface area contributed by atoms with E-state index in [1.807, 2.05) is 29.2 Å². The normalized spacial score (nSPS) is 18.4. The highest BCUT2D eigenvalue weighted by Gasteiger charge is 2.22. The summed E-state index contributed by atoms with van der Waals surface area (Å²) in [6, 6.07) is 7.67. The fourth-order valence-electron chi connectivity index (χ4n) is 3.97. The molecule has 1 aromatic carbocycles. The van der Waals surface area contributed by atoms with Gasteiger partial charge in [-0.25, -0.2) is 8.42 Å². The summed E-state index contributed by atoms with van der Waals surface area (Å²) in [5, 5.41) is 0. The third-order valence-electron chi connectivity index (χ3n) is 5.50. The van der Waals surface area contributed by atoms with Crippen molar-refractivity contribution in [1.82, 2.24) is 4.90 Å². The first kappa shape index (κ1) is 20.0. The van der Waals surface area contributed by atoms with Gasteiger partial charge in [-0.15, -0.1) is 0 Å². The molecule has 1 aromatic rings. The summed E-state index contributed by atoms with van der Waals surface area (Å²) in [5.41, 5.74) is 1.76. The van der Waals surface area contributed by atoms with E-state index in [0.717, 1.165) is 44.7 Å². The molecule has 150 valence electrons. The Morgan fingerprint density at radius 1 is 0.926 bits per heavy atom. The molecule has 0 bridgehead atoms. The maximum atomic E-state index is 12.5. The van der Waals surface area contributed by atoms with Crippen LogP contribution in [0.3, 0.4) is 0 Å². The van der Waals surface area contributed by atoms with Gasteiger partial charge >= 0.3 is 0 Å². The molecule has 1 amide bonds. The third-order valence-corrected chi connectivity index (χ3v) is 6.69. The zero-order chi connectivity index (χ0) is 19.3. The van der Waals surface area contributed by atoms with Crippen LogP contribution in [0.25, 0.3) is 0 Å². The highest BCUT2D eigenvalue weighted by atomic mass is 32.2. The van der Waals surface area contributed by atoms with Crippen molar-refractivity contribution in [3.63, 3.8) is 0 Å². The van der Waals surface area contributed by atoms with Gasteiger partial charge in [0, 0.05) is 44.8 Å². The second kappa shape index (κ2) is 8.95. The summed E-state index contributed by atoms with van der Waals surface area (Å²) < 4.78 is 26.0. The minimum absolute atomic E-state index is 0.0548. The summed E-state index contributed by atoms with van der Waals surface area (Å²) in [5.74, 6) is 0.0548. The lowest BCUT2D eigenvalue weighted by atomic mass is 10.2. The summed E-state index contributed by atoms with van der Waals surface area (Å²) in [4.78, 5) is 16.7. The van der Waals surface area contributed by atoms with Gasteiger partial charge in [0.25, 0.3) is 0 Å². The van der Waals surface area contributed by atoms with Crippen molar-refractivity contribution in [2.75, 3.05) is 48.2 Å². The van der Waals surface area contributed by atoms with Crippen molar-refractivity contribution in [2.24, 2.45) is 0 Å². The molecule has 2 fully saturated rings. The number of likely N-dealkylation sites (tertiary alicyclic amines) is 1. The number of nitrogens with zero attached hydrogens (tertiary/aromatic N) is 3. The van der Waals surface area contributed by atoms with Crippen LogP contribution in [0.4, 0.5) is 11.4 Å². The molecular weight excluding hydrogens is 362 g/mol. The Labute approximate surface area is 163 Å². The highest BCUT2D eigenvalue weighted by molar-refractivity contribution is 7.92. The Bertz CT molecular complexity index is 719. The predicted octanol–water partition coefficient (Wildman–Crippen LogP) is 2.85. The molecule has 0 aliphatic carbocycles. The van der Waals surface area contributed by atoms with Crippen LogP contribution in [0.2, 0.25) is 0 Å². The van der Waals surface area contributed by atoms with E-state index in [2.05, 4.69) is 4.90 Å². The fourth-order valence-corrected chi connectivity index (χ4v) is 4.89. The quantitative estimate of drug-likeness (QED) is 0.746. The van der Waals surface area contributed by atoms with E-state index in [-0.39, 0.29) is 18.9 Å². The molecule has 2 aliphatic heterocycles. The molecule has 0 N–H and O–H groups in total. The Kier molecular flexibility index (Phi) is 6.63. The molecule has 0 radical (unpaired) electrons. The van der Waals surface area contributed by atoms with E-state index in [0.29, 0.717) is 5.69 Å². The van der Waals surface area contributed by atoms with Crippen LogP contribution in [0.1, 0.15) is 44.9 Å². The van der Waals surface area contributed by atoms with Crippen LogP contribution >= 0.6 is 0 Å². The zero-order valence-corrected chi connectivity index (χ0v) is 17.1. The molecule has 2 aliphatic rings. The second-order valence-electron chi connectivity index (χ2n) is 7.59. The highest BCUT2D eigenvalue weighted by Crippen LogP contribution is 2.25. The van der Waals surface area contributed by atoms with Crippen molar-refractivity contribution in [1.29, 1.82) is 0 Å². The monoisotopic (exact) mass is 393 g/mol. The molecule has 3 rings (SSSR count). The van der Waals surface area contributed by atoms with E-state index in [4.69, 9.17) is 0 Å². The molecule has 27 heavy (non-hydrogen) atoms. The number of amides is 1. The smallest absolute Gasteiger partial charge is 0.232 e. The van der Waals surface area contributed by atoms with Gasteiger partial charge in [0.2, 0.25) is 15.9 Å². The number of anilines is 2. The lowest BCUT2D eigenvalue weighted by Crippen LogP contribution is -2.37. The molecule has 0 saturated carbocycles. The Hall–Kier alpha value is -1.76. The first-order valence-electron chi connectivity index (χ1n) is 10.1. The van der Waals surface area contributed by atoms with E-state index in [1.165, 1.54) is 36.2 Å². The van der Waals surface area contributed by atoms with E-state index >= 15 is 0 Å². The largest absolute Gasteiger partial charge is 0.372 e. The minimum Gasteiger partial charge on any atom is -0.372 e. The minimum atomic E-state index is -3.43. The SMILES string of the molecule is CS(=O)(=O)N(CCC(=O)N1CCCCCC1)c1ccc(N2CCCC2)cc1. The van der Waals surface area contributed by atoms with Gasteiger partial charge in [-0.05, 0) is 49.9 Å². The van der Waals surface area contributed by atoms with Crippen LogP contribution in [0, 0.1) is 0 Å². The topological polar surface area (TPSA) is 60.9 Å². The molecule has 6 nitrogen and oxygen atoms in total. The van der Waals surface area contributed by atoms with Gasteiger partial charge in [0.05, 0.1) is 11.9 Å². The lowest BCUT2D eigenvalue weighted by Gasteiger charge is -2.26. The number of sulfonamides is 1. The summed E-state index contributed by atoms with van der Waals surface area (Å²) in [7, 11) is -3.43. The molecule has 0 aromatic heterocycles. The van der Waals surface area contributed by atoms with Gasteiger partial charge in [-0.1, -0.05) is 12.8 Å². The van der Waals surface area contributed by atoms with Gasteiger partial charge in [-0.2, -0.15) is 0 Å². The molecule has 0 atom stereocenters. The first-order chi connectivity index (χ1) is 12.9. The zero-order valence-electron chi connectivity index (χ0n) is 16.3. The van der Waals surface area contributed by atoms with Crippen molar-refractivity contribution in [3.8, 4) is 0 Å². The van der Waals surface area contributed by atoms with Crippen LogP contribution < -0.4 is 9.21 Å². The molecular formula is C20H31N3O3S. The average molecular weight is 394 g/mol. The molecule has 0 unspecified atom stereocenters. The first-order valence-corrected chi connectivity index (χ1v) is 11.9. The van der Waals surface area contributed by atoms with Crippen molar-refractivity contribution in [2.45, 2.75) is 44.9 Å². The molecule has 2 heterocycles. The van der Waals surface area contributed by atoms with Crippen molar-refractivity contribution < 1.29 is 13.2 Å². The van der Waals surface area contributed by atoms with Crippen LogP contribution in [-0.2, 0) is 14.8 Å². The Balaban J connectivity index is 1.66. The van der Waals surface area contributed by atoms with E-state index in [9.17, 15) is 13.2 Å². The number of hydrogen-bond acceptors (Lipinski definition) is 4. The summed E-state index contributed by atoms with van der Waals surface area (Å²) >= 11 is 0.